The molecule has 0 fully saturated rings. The zero-order valence-corrected chi connectivity index (χ0v) is 21.8. The number of hydrogen-bond donors (Lipinski definition) is 3. The van der Waals surface area contributed by atoms with Crippen LogP contribution in [0.2, 0.25) is 0 Å². The van der Waals surface area contributed by atoms with E-state index >= 15 is 0 Å². The van der Waals surface area contributed by atoms with Crippen molar-refractivity contribution in [2.45, 2.75) is 25.6 Å². The van der Waals surface area contributed by atoms with Crippen molar-refractivity contribution in [3.8, 4) is 17.0 Å². The summed E-state index contributed by atoms with van der Waals surface area (Å²) in [5.41, 5.74) is 3.48. The molecule has 2 atom stereocenters. The van der Waals surface area contributed by atoms with Crippen LogP contribution in [0, 0.1) is 0 Å². The third-order valence-electron chi connectivity index (χ3n) is 6.80. The number of nitrogens with zero attached hydrogens (tertiary/aromatic N) is 5. The molecule has 2 amide bonds. The number of nitrogens with one attached hydrogen (secondary N) is 2. The van der Waals surface area contributed by atoms with Gasteiger partial charge < -0.3 is 25.4 Å². The van der Waals surface area contributed by atoms with Crippen LogP contribution in [0.15, 0.2) is 67.0 Å². The number of aryl methyl sites for hydroxylation is 1. The number of carbonyl (C=O) groups is 2. The molecule has 1 unspecified atom stereocenters. The van der Waals surface area contributed by atoms with Crippen LogP contribution in [0.4, 0.5) is 11.8 Å². The first-order valence-corrected chi connectivity index (χ1v) is 12.5. The zero-order chi connectivity index (χ0) is 27.5. The first-order valence-electron chi connectivity index (χ1n) is 12.5. The van der Waals surface area contributed by atoms with Gasteiger partial charge in [0.15, 0.2) is 0 Å². The van der Waals surface area contributed by atoms with Crippen LogP contribution in [-0.2, 0) is 18.4 Å². The Kier molecular flexibility index (Phi) is 7.24. The number of ether oxygens (including phenoxy) is 1. The standard InChI is InChI=1S/C28H29N7O4/c1-17(26(37)31-24(16-36)18-5-4-6-21(13-18)39-3)35-15-20-8-7-19(14-22(20)27(35)38)23-9-11-29-28(32-23)33-25-10-12-30-34(25)2/h4-14,17,24,36H,15-16H2,1-3H3,(H,31,37)(H,29,32,33)/t17?,24-/m1/s1. The van der Waals surface area contributed by atoms with E-state index in [-0.39, 0.29) is 18.4 Å². The van der Waals surface area contributed by atoms with Crippen molar-refractivity contribution in [2.24, 2.45) is 7.05 Å². The number of carbonyl (C=O) groups excluding carboxylic acids is 2. The van der Waals surface area contributed by atoms with Gasteiger partial charge in [0.2, 0.25) is 11.9 Å². The number of methoxy groups -OCH3 is 1. The van der Waals surface area contributed by atoms with E-state index in [4.69, 9.17) is 4.74 Å². The first kappa shape index (κ1) is 25.9. The normalized spacial score (nSPS) is 14.1. The molecule has 11 nitrogen and oxygen atoms in total. The van der Waals surface area contributed by atoms with Gasteiger partial charge in [-0.3, -0.25) is 14.3 Å². The summed E-state index contributed by atoms with van der Waals surface area (Å²) in [6.07, 6.45) is 3.32. The molecule has 2 aromatic carbocycles. The second kappa shape index (κ2) is 10.9. The highest BCUT2D eigenvalue weighted by atomic mass is 16.5. The molecular formula is C28H29N7O4. The van der Waals surface area contributed by atoms with Crippen molar-refractivity contribution in [1.29, 1.82) is 0 Å². The molecule has 3 heterocycles. The van der Waals surface area contributed by atoms with Gasteiger partial charge in [-0.15, -0.1) is 0 Å². The van der Waals surface area contributed by atoms with Gasteiger partial charge in [0, 0.05) is 37.0 Å². The number of aromatic nitrogens is 4. The fourth-order valence-electron chi connectivity index (χ4n) is 4.51. The average Bonchev–Trinajstić information content (AvgIpc) is 3.52. The molecule has 0 saturated carbocycles. The molecule has 4 aromatic rings. The van der Waals surface area contributed by atoms with E-state index in [0.29, 0.717) is 35.1 Å². The summed E-state index contributed by atoms with van der Waals surface area (Å²) in [6, 6.07) is 14.9. The maximum absolute atomic E-state index is 13.4. The van der Waals surface area contributed by atoms with Gasteiger partial charge in [-0.05, 0) is 42.3 Å². The molecular weight excluding hydrogens is 498 g/mol. The lowest BCUT2D eigenvalue weighted by Crippen LogP contribution is -2.46. The number of amides is 2. The van der Waals surface area contributed by atoms with Gasteiger partial charge in [0.1, 0.15) is 17.6 Å². The van der Waals surface area contributed by atoms with Crippen LogP contribution in [0.25, 0.3) is 11.3 Å². The van der Waals surface area contributed by atoms with E-state index in [1.807, 2.05) is 25.2 Å². The molecule has 0 bridgehead atoms. The zero-order valence-electron chi connectivity index (χ0n) is 21.8. The number of hydrogen-bond acceptors (Lipinski definition) is 8. The topological polar surface area (TPSA) is 134 Å². The lowest BCUT2D eigenvalue weighted by molar-refractivity contribution is -0.126. The van der Waals surface area contributed by atoms with E-state index < -0.39 is 12.1 Å². The Morgan fingerprint density at radius 1 is 1.15 bits per heavy atom. The van der Waals surface area contributed by atoms with E-state index in [2.05, 4.69) is 25.7 Å². The second-order valence-corrected chi connectivity index (χ2v) is 9.23. The summed E-state index contributed by atoms with van der Waals surface area (Å²) >= 11 is 0. The van der Waals surface area contributed by atoms with E-state index in [9.17, 15) is 14.7 Å². The summed E-state index contributed by atoms with van der Waals surface area (Å²) < 4.78 is 6.92. The monoisotopic (exact) mass is 527 g/mol. The molecule has 3 N–H and O–H groups in total. The molecule has 0 saturated heterocycles. The molecule has 0 aliphatic carbocycles. The van der Waals surface area contributed by atoms with Crippen molar-refractivity contribution in [3.05, 3.63) is 83.7 Å². The molecule has 200 valence electrons. The highest BCUT2D eigenvalue weighted by molar-refractivity contribution is 6.02. The lowest BCUT2D eigenvalue weighted by Gasteiger charge is -2.26. The molecule has 1 aliphatic rings. The molecule has 2 aromatic heterocycles. The number of fused-ring (bicyclic) bond motifs is 1. The highest BCUT2D eigenvalue weighted by Crippen LogP contribution is 2.30. The second-order valence-electron chi connectivity index (χ2n) is 9.23. The first-order chi connectivity index (χ1) is 18.9. The van der Waals surface area contributed by atoms with Crippen LogP contribution < -0.4 is 15.4 Å². The molecule has 11 heteroatoms. The summed E-state index contributed by atoms with van der Waals surface area (Å²) in [6.45, 7) is 1.70. The summed E-state index contributed by atoms with van der Waals surface area (Å²) in [7, 11) is 3.37. The third kappa shape index (κ3) is 5.30. The number of aliphatic hydroxyl groups is 1. The smallest absolute Gasteiger partial charge is 0.255 e. The Morgan fingerprint density at radius 2 is 2.00 bits per heavy atom. The fraction of sp³-hybridized carbons (Fsp3) is 0.250. The molecule has 39 heavy (non-hydrogen) atoms. The summed E-state index contributed by atoms with van der Waals surface area (Å²) in [5, 5.41) is 20.0. The van der Waals surface area contributed by atoms with E-state index in [1.54, 1.807) is 67.5 Å². The molecule has 0 spiro atoms. The Balaban J connectivity index is 1.30. The Bertz CT molecular complexity index is 1520. The number of rotatable bonds is 9. The highest BCUT2D eigenvalue weighted by Gasteiger charge is 2.35. The van der Waals surface area contributed by atoms with Gasteiger partial charge in [-0.25, -0.2) is 9.97 Å². The lowest BCUT2D eigenvalue weighted by atomic mass is 10.0. The quantitative estimate of drug-likeness (QED) is 0.303. The maximum atomic E-state index is 13.4. The molecule has 5 rings (SSSR count). The number of benzene rings is 2. The van der Waals surface area contributed by atoms with Crippen molar-refractivity contribution < 1.29 is 19.4 Å². The minimum absolute atomic E-state index is 0.237. The molecule has 0 radical (unpaired) electrons. The van der Waals surface area contributed by atoms with E-state index in [1.165, 1.54) is 4.90 Å². The van der Waals surface area contributed by atoms with Gasteiger partial charge >= 0.3 is 0 Å². The predicted octanol–water partition coefficient (Wildman–Crippen LogP) is 2.82. The van der Waals surface area contributed by atoms with Gasteiger partial charge in [-0.1, -0.05) is 24.3 Å². The Morgan fingerprint density at radius 3 is 2.74 bits per heavy atom. The van der Waals surface area contributed by atoms with Crippen molar-refractivity contribution >= 4 is 23.6 Å². The minimum atomic E-state index is -0.748. The number of anilines is 2. The van der Waals surface area contributed by atoms with Gasteiger partial charge in [0.05, 0.1) is 31.6 Å². The van der Waals surface area contributed by atoms with Crippen molar-refractivity contribution in [3.63, 3.8) is 0 Å². The van der Waals surface area contributed by atoms with Gasteiger partial charge in [-0.2, -0.15) is 5.10 Å². The largest absolute Gasteiger partial charge is 0.497 e. The maximum Gasteiger partial charge on any atom is 0.255 e. The predicted molar refractivity (Wildman–Crippen MR) is 144 cm³/mol. The Labute approximate surface area is 225 Å². The van der Waals surface area contributed by atoms with Crippen LogP contribution in [-0.4, -0.2) is 61.3 Å². The summed E-state index contributed by atoms with van der Waals surface area (Å²) in [5.74, 6) is 1.18. The van der Waals surface area contributed by atoms with Crippen molar-refractivity contribution in [1.82, 2.24) is 30.0 Å². The van der Waals surface area contributed by atoms with Crippen LogP contribution in [0.3, 0.4) is 0 Å². The molecule has 1 aliphatic heterocycles. The van der Waals surface area contributed by atoms with Crippen LogP contribution in [0.1, 0.15) is 34.5 Å². The van der Waals surface area contributed by atoms with Crippen LogP contribution in [0.5, 0.6) is 5.75 Å². The SMILES string of the molecule is COc1cccc([C@@H](CO)NC(=O)C(C)N2Cc3ccc(-c4ccnc(Nc5ccnn5C)n4)cc3C2=O)c1. The summed E-state index contributed by atoms with van der Waals surface area (Å²) in [4.78, 5) is 36.9. The third-order valence-corrected chi connectivity index (χ3v) is 6.80. The Hall–Kier alpha value is -4.77. The number of aliphatic hydroxyl groups excluding tert-OH is 1. The van der Waals surface area contributed by atoms with E-state index in [0.717, 1.165) is 16.9 Å². The van der Waals surface area contributed by atoms with Crippen LogP contribution >= 0.6 is 0 Å². The van der Waals surface area contributed by atoms with Crippen molar-refractivity contribution in [2.75, 3.05) is 19.0 Å². The minimum Gasteiger partial charge on any atom is -0.497 e. The van der Waals surface area contributed by atoms with Gasteiger partial charge in [0.25, 0.3) is 5.91 Å². The average molecular weight is 528 g/mol. The fourth-order valence-corrected chi connectivity index (χ4v) is 4.51.